The van der Waals surface area contributed by atoms with Crippen LogP contribution in [0.1, 0.15) is 39.5 Å². The average Bonchev–Trinajstić information content (AvgIpc) is 3.17. The Kier molecular flexibility index (Phi) is 4.27. The number of imide groups is 1. The van der Waals surface area contributed by atoms with Crippen LogP contribution in [0.3, 0.4) is 0 Å². The van der Waals surface area contributed by atoms with E-state index in [4.69, 9.17) is 4.74 Å². The van der Waals surface area contributed by atoms with Crippen LogP contribution in [0.4, 0.5) is 0 Å². The minimum atomic E-state index is -1.07. The van der Waals surface area contributed by atoms with Crippen molar-refractivity contribution in [3.8, 4) is 0 Å². The summed E-state index contributed by atoms with van der Waals surface area (Å²) >= 11 is 0. The molecule has 3 aliphatic heterocycles. The molecular weight excluding hydrogens is 298 g/mol. The van der Waals surface area contributed by atoms with Gasteiger partial charge in [0.1, 0.15) is 6.10 Å². The number of carboxylic acid groups (broad SMARTS) is 1. The van der Waals surface area contributed by atoms with E-state index in [0.29, 0.717) is 12.5 Å². The highest BCUT2D eigenvalue weighted by molar-refractivity contribution is 6.08. The molecular formula is C17H23NO5. The monoisotopic (exact) mass is 321 g/mol. The van der Waals surface area contributed by atoms with Gasteiger partial charge in [0.2, 0.25) is 11.8 Å². The van der Waals surface area contributed by atoms with Gasteiger partial charge in [-0.1, -0.05) is 33.1 Å². The third kappa shape index (κ3) is 2.49. The third-order valence-electron chi connectivity index (χ3n) is 5.35. The summed E-state index contributed by atoms with van der Waals surface area (Å²) in [5.41, 5.74) is 0.122. The minimum Gasteiger partial charge on any atom is -0.478 e. The number of hydrogen-bond donors (Lipinski definition) is 1. The Morgan fingerprint density at radius 2 is 2.00 bits per heavy atom. The van der Waals surface area contributed by atoms with Gasteiger partial charge in [0.15, 0.2) is 0 Å². The summed E-state index contributed by atoms with van der Waals surface area (Å²) in [6, 6.07) is 0. The molecule has 5 atom stereocenters. The van der Waals surface area contributed by atoms with Crippen molar-refractivity contribution in [1.29, 1.82) is 0 Å². The molecule has 2 saturated heterocycles. The molecule has 0 aromatic carbocycles. The number of unbranched alkanes of at least 4 members (excludes halogenated alkanes) is 1. The van der Waals surface area contributed by atoms with Crippen molar-refractivity contribution >= 4 is 17.8 Å². The first-order valence-corrected chi connectivity index (χ1v) is 8.45. The molecule has 0 aromatic heterocycles. The molecule has 23 heavy (non-hydrogen) atoms. The summed E-state index contributed by atoms with van der Waals surface area (Å²) < 4.78 is 5.56. The smallest absolute Gasteiger partial charge is 0.334 e. The second-order valence-electron chi connectivity index (χ2n) is 6.70. The fourth-order valence-electron chi connectivity index (χ4n) is 4.01. The van der Waals surface area contributed by atoms with Crippen molar-refractivity contribution in [1.82, 2.24) is 4.90 Å². The summed E-state index contributed by atoms with van der Waals surface area (Å²) in [5.74, 6) is -2.37. The molecule has 0 spiro atoms. The number of carbonyl (C=O) groups excluding carboxylic acids is 2. The van der Waals surface area contributed by atoms with E-state index in [1.807, 2.05) is 0 Å². The number of aliphatic carboxylic acids is 1. The summed E-state index contributed by atoms with van der Waals surface area (Å²) in [4.78, 5) is 37.9. The SMILES string of the molecule is CCCCC(CC)CN1C(=O)C2C3C=C(C(=O)O)C(O3)C2C1=O. The van der Waals surface area contributed by atoms with E-state index in [1.165, 1.54) is 11.0 Å². The molecule has 3 rings (SSSR count). The number of nitrogens with zero attached hydrogens (tertiary/aromatic N) is 1. The fourth-order valence-corrected chi connectivity index (χ4v) is 4.01. The molecule has 126 valence electrons. The number of rotatable bonds is 7. The minimum absolute atomic E-state index is 0.122. The van der Waals surface area contributed by atoms with Crippen LogP contribution < -0.4 is 0 Å². The number of hydrogen-bond acceptors (Lipinski definition) is 4. The summed E-state index contributed by atoms with van der Waals surface area (Å²) in [6.07, 6.45) is 4.27. The van der Waals surface area contributed by atoms with Gasteiger partial charge >= 0.3 is 5.97 Å². The zero-order valence-electron chi connectivity index (χ0n) is 13.5. The topological polar surface area (TPSA) is 83.9 Å². The van der Waals surface area contributed by atoms with Crippen LogP contribution in [0.5, 0.6) is 0 Å². The van der Waals surface area contributed by atoms with E-state index in [9.17, 15) is 19.5 Å². The molecule has 0 aromatic rings. The van der Waals surface area contributed by atoms with Gasteiger partial charge < -0.3 is 9.84 Å². The number of ether oxygens (including phenoxy) is 1. The Hall–Kier alpha value is -1.69. The Labute approximate surface area is 135 Å². The predicted octanol–water partition coefficient (Wildman–Crippen LogP) is 1.60. The van der Waals surface area contributed by atoms with E-state index >= 15 is 0 Å². The van der Waals surface area contributed by atoms with Gasteiger partial charge in [-0.2, -0.15) is 0 Å². The molecule has 3 heterocycles. The normalized spacial score (nSPS) is 33.1. The van der Waals surface area contributed by atoms with Crippen molar-refractivity contribution in [2.24, 2.45) is 17.8 Å². The summed E-state index contributed by atoms with van der Waals surface area (Å²) in [7, 11) is 0. The zero-order valence-corrected chi connectivity index (χ0v) is 13.5. The Balaban J connectivity index is 1.75. The molecule has 0 radical (unpaired) electrons. The lowest BCUT2D eigenvalue weighted by Gasteiger charge is -2.23. The van der Waals surface area contributed by atoms with E-state index < -0.39 is 30.0 Å². The molecule has 2 fully saturated rings. The highest BCUT2D eigenvalue weighted by atomic mass is 16.5. The standard InChI is InChI=1S/C17H23NO5/c1-3-5-6-9(4-2)8-18-15(19)12-11-7-10(17(21)22)14(23-11)13(12)16(18)20/h7,9,11-14H,3-6,8H2,1-2H3,(H,21,22). The van der Waals surface area contributed by atoms with Crippen molar-refractivity contribution in [3.63, 3.8) is 0 Å². The van der Waals surface area contributed by atoms with E-state index in [1.54, 1.807) is 0 Å². The fraction of sp³-hybridized carbons (Fsp3) is 0.706. The number of likely N-dealkylation sites (tertiary alicyclic amines) is 1. The van der Waals surface area contributed by atoms with Crippen LogP contribution in [0.15, 0.2) is 11.6 Å². The first-order valence-electron chi connectivity index (χ1n) is 8.45. The van der Waals surface area contributed by atoms with Gasteiger partial charge in [-0.25, -0.2) is 4.79 Å². The first kappa shape index (κ1) is 16.2. The number of amides is 2. The van der Waals surface area contributed by atoms with Crippen LogP contribution in [-0.2, 0) is 19.1 Å². The second kappa shape index (κ2) is 6.07. The molecule has 0 saturated carbocycles. The van der Waals surface area contributed by atoms with Crippen LogP contribution in [0, 0.1) is 17.8 Å². The van der Waals surface area contributed by atoms with Gasteiger partial charge in [0.05, 0.1) is 23.5 Å². The number of fused-ring (bicyclic) bond motifs is 5. The molecule has 6 heteroatoms. The average molecular weight is 321 g/mol. The van der Waals surface area contributed by atoms with Gasteiger partial charge in [-0.15, -0.1) is 0 Å². The number of carbonyl (C=O) groups is 3. The highest BCUT2D eigenvalue weighted by Gasteiger charge is 2.63. The van der Waals surface area contributed by atoms with Crippen LogP contribution in [-0.4, -0.2) is 46.5 Å². The molecule has 6 nitrogen and oxygen atoms in total. The quantitative estimate of drug-likeness (QED) is 0.720. The van der Waals surface area contributed by atoms with Crippen molar-refractivity contribution in [3.05, 3.63) is 11.6 Å². The lowest BCUT2D eigenvalue weighted by molar-refractivity contribution is -0.143. The van der Waals surface area contributed by atoms with Crippen LogP contribution >= 0.6 is 0 Å². The van der Waals surface area contributed by atoms with Crippen molar-refractivity contribution in [2.75, 3.05) is 6.54 Å². The molecule has 2 amide bonds. The van der Waals surface area contributed by atoms with Gasteiger partial charge in [-0.3, -0.25) is 14.5 Å². The van der Waals surface area contributed by atoms with Crippen molar-refractivity contribution < 1.29 is 24.2 Å². The van der Waals surface area contributed by atoms with Crippen molar-refractivity contribution in [2.45, 2.75) is 51.7 Å². The molecule has 3 aliphatic rings. The molecule has 0 aliphatic carbocycles. The summed E-state index contributed by atoms with van der Waals surface area (Å²) in [5, 5.41) is 9.20. The van der Waals surface area contributed by atoms with E-state index in [-0.39, 0.29) is 17.4 Å². The van der Waals surface area contributed by atoms with E-state index in [0.717, 1.165) is 25.7 Å². The van der Waals surface area contributed by atoms with Gasteiger partial charge in [-0.05, 0) is 18.4 Å². The van der Waals surface area contributed by atoms with Crippen LogP contribution in [0.25, 0.3) is 0 Å². The Morgan fingerprint density at radius 3 is 2.61 bits per heavy atom. The van der Waals surface area contributed by atoms with E-state index in [2.05, 4.69) is 13.8 Å². The Morgan fingerprint density at radius 1 is 1.30 bits per heavy atom. The zero-order chi connectivity index (χ0) is 16.7. The molecule has 1 N–H and O–H groups in total. The lowest BCUT2D eigenvalue weighted by atomic mass is 9.81. The highest BCUT2D eigenvalue weighted by Crippen LogP contribution is 2.48. The Bertz CT molecular complexity index is 569. The van der Waals surface area contributed by atoms with Gasteiger partial charge in [0, 0.05) is 6.54 Å². The maximum Gasteiger partial charge on any atom is 0.334 e. The number of carboxylic acids is 1. The third-order valence-corrected chi connectivity index (χ3v) is 5.35. The first-order chi connectivity index (χ1) is 11.0. The maximum atomic E-state index is 12.7. The predicted molar refractivity (Wildman–Crippen MR) is 81.4 cm³/mol. The van der Waals surface area contributed by atoms with Gasteiger partial charge in [0.25, 0.3) is 0 Å². The largest absolute Gasteiger partial charge is 0.478 e. The van der Waals surface area contributed by atoms with Crippen LogP contribution in [0.2, 0.25) is 0 Å². The lowest BCUT2D eigenvalue weighted by Crippen LogP contribution is -2.38. The summed E-state index contributed by atoms with van der Waals surface area (Å²) in [6.45, 7) is 4.64. The molecule has 5 unspecified atom stereocenters. The molecule has 2 bridgehead atoms. The second-order valence-corrected chi connectivity index (χ2v) is 6.70. The maximum absolute atomic E-state index is 12.7.